The number of anilines is 3. The third kappa shape index (κ3) is 6.70. The van der Waals surface area contributed by atoms with Gasteiger partial charge in [-0.25, -0.2) is 9.59 Å². The highest BCUT2D eigenvalue weighted by atomic mass is 16.5. The SMILES string of the molecule is CCOC(=O)c1cc(NC(=O)N(CC)c2ccccc2)ccc1NC(=O)/C=C(/C)c1ccc2ccccc2c1. The molecule has 3 amide bonds. The molecule has 0 radical (unpaired) electrons. The van der Waals surface area contributed by atoms with Crippen LogP contribution in [0.5, 0.6) is 0 Å². The second kappa shape index (κ2) is 12.6. The lowest BCUT2D eigenvalue weighted by Gasteiger charge is -2.22. The summed E-state index contributed by atoms with van der Waals surface area (Å²) in [6.07, 6.45) is 1.49. The van der Waals surface area contributed by atoms with Crippen molar-refractivity contribution in [1.82, 2.24) is 0 Å². The Balaban J connectivity index is 1.55. The molecular formula is C32H31N3O4. The number of fused-ring (bicyclic) bond motifs is 1. The minimum Gasteiger partial charge on any atom is -0.462 e. The number of para-hydroxylation sites is 1. The number of nitrogens with one attached hydrogen (secondary N) is 2. The zero-order chi connectivity index (χ0) is 27.8. The van der Waals surface area contributed by atoms with E-state index in [1.165, 1.54) is 12.1 Å². The van der Waals surface area contributed by atoms with Gasteiger partial charge in [-0.2, -0.15) is 0 Å². The summed E-state index contributed by atoms with van der Waals surface area (Å²) in [6, 6.07) is 27.7. The van der Waals surface area contributed by atoms with Gasteiger partial charge in [-0.1, -0.05) is 54.6 Å². The minimum atomic E-state index is -0.602. The molecule has 7 heteroatoms. The van der Waals surface area contributed by atoms with Crippen molar-refractivity contribution in [2.45, 2.75) is 20.8 Å². The van der Waals surface area contributed by atoms with Crippen LogP contribution in [0.3, 0.4) is 0 Å². The van der Waals surface area contributed by atoms with E-state index < -0.39 is 5.97 Å². The van der Waals surface area contributed by atoms with E-state index in [2.05, 4.69) is 10.6 Å². The number of ether oxygens (including phenoxy) is 1. The van der Waals surface area contributed by atoms with Gasteiger partial charge in [0.1, 0.15) is 0 Å². The van der Waals surface area contributed by atoms with E-state index in [1.54, 1.807) is 24.0 Å². The average Bonchev–Trinajstić information content (AvgIpc) is 2.94. The number of urea groups is 1. The molecular weight excluding hydrogens is 490 g/mol. The van der Waals surface area contributed by atoms with Crippen molar-refractivity contribution in [3.63, 3.8) is 0 Å². The van der Waals surface area contributed by atoms with Gasteiger partial charge in [0.05, 0.1) is 17.9 Å². The molecule has 4 aromatic carbocycles. The van der Waals surface area contributed by atoms with Gasteiger partial charge in [0.2, 0.25) is 5.91 Å². The molecule has 0 atom stereocenters. The van der Waals surface area contributed by atoms with Crippen LogP contribution in [-0.4, -0.2) is 31.1 Å². The highest BCUT2D eigenvalue weighted by molar-refractivity contribution is 6.09. The predicted molar refractivity (Wildman–Crippen MR) is 157 cm³/mol. The summed E-state index contributed by atoms with van der Waals surface area (Å²) >= 11 is 0. The molecule has 7 nitrogen and oxygen atoms in total. The van der Waals surface area contributed by atoms with E-state index >= 15 is 0 Å². The number of hydrogen-bond donors (Lipinski definition) is 2. The van der Waals surface area contributed by atoms with E-state index in [0.717, 1.165) is 27.6 Å². The Bertz CT molecular complexity index is 1530. The van der Waals surface area contributed by atoms with Crippen molar-refractivity contribution in [3.05, 3.63) is 108 Å². The molecule has 0 saturated heterocycles. The number of nitrogens with zero attached hydrogens (tertiary/aromatic N) is 1. The lowest BCUT2D eigenvalue weighted by Crippen LogP contribution is -2.34. The first-order valence-electron chi connectivity index (χ1n) is 12.8. The fourth-order valence-corrected chi connectivity index (χ4v) is 4.23. The maximum atomic E-state index is 13.0. The van der Waals surface area contributed by atoms with Crippen LogP contribution in [0.25, 0.3) is 16.3 Å². The fourth-order valence-electron chi connectivity index (χ4n) is 4.23. The maximum Gasteiger partial charge on any atom is 0.340 e. The van der Waals surface area contributed by atoms with Crippen LogP contribution in [0.2, 0.25) is 0 Å². The number of rotatable bonds is 8. The fraction of sp³-hybridized carbons (Fsp3) is 0.156. The second-order valence-corrected chi connectivity index (χ2v) is 8.87. The van der Waals surface area contributed by atoms with Gasteiger partial charge in [-0.3, -0.25) is 9.69 Å². The van der Waals surface area contributed by atoms with Gasteiger partial charge in [-0.05, 0) is 79.1 Å². The van der Waals surface area contributed by atoms with Gasteiger partial charge in [0.15, 0.2) is 0 Å². The molecule has 0 aliphatic rings. The maximum absolute atomic E-state index is 13.0. The largest absolute Gasteiger partial charge is 0.462 e. The molecule has 0 unspecified atom stereocenters. The van der Waals surface area contributed by atoms with Gasteiger partial charge in [-0.15, -0.1) is 0 Å². The van der Waals surface area contributed by atoms with Crippen molar-refractivity contribution in [1.29, 1.82) is 0 Å². The number of hydrogen-bond acceptors (Lipinski definition) is 4. The normalized spacial score (nSPS) is 11.1. The number of carbonyl (C=O) groups is 3. The molecule has 0 aliphatic carbocycles. The Labute approximate surface area is 228 Å². The minimum absolute atomic E-state index is 0.141. The second-order valence-electron chi connectivity index (χ2n) is 8.87. The number of amides is 3. The number of carbonyl (C=O) groups excluding carboxylic acids is 3. The number of benzene rings is 4. The van der Waals surface area contributed by atoms with Crippen molar-refractivity contribution in [2.75, 3.05) is 28.7 Å². The number of esters is 1. The summed E-state index contributed by atoms with van der Waals surface area (Å²) in [5.41, 5.74) is 3.28. The monoisotopic (exact) mass is 521 g/mol. The highest BCUT2D eigenvalue weighted by Gasteiger charge is 2.18. The van der Waals surface area contributed by atoms with Crippen molar-refractivity contribution in [3.8, 4) is 0 Å². The topological polar surface area (TPSA) is 87.7 Å². The zero-order valence-corrected chi connectivity index (χ0v) is 22.2. The zero-order valence-electron chi connectivity index (χ0n) is 22.2. The van der Waals surface area contributed by atoms with Crippen LogP contribution in [0, 0.1) is 0 Å². The molecule has 0 fully saturated rings. The van der Waals surface area contributed by atoms with Gasteiger partial charge in [0, 0.05) is 24.0 Å². The van der Waals surface area contributed by atoms with E-state index in [9.17, 15) is 14.4 Å². The molecule has 0 saturated carbocycles. The molecule has 0 bridgehead atoms. The lowest BCUT2D eigenvalue weighted by atomic mass is 10.0. The third-order valence-corrected chi connectivity index (χ3v) is 6.21. The van der Waals surface area contributed by atoms with Crippen LogP contribution in [0.4, 0.5) is 21.9 Å². The summed E-state index contributed by atoms with van der Waals surface area (Å²) in [5, 5.41) is 7.82. The van der Waals surface area contributed by atoms with Crippen LogP contribution in [-0.2, 0) is 9.53 Å². The molecule has 0 aromatic heterocycles. The Hall–Kier alpha value is -4.91. The van der Waals surface area contributed by atoms with E-state index in [4.69, 9.17) is 4.74 Å². The summed E-state index contributed by atoms with van der Waals surface area (Å²) in [6.45, 7) is 6.07. The highest BCUT2D eigenvalue weighted by Crippen LogP contribution is 2.25. The molecule has 4 aromatic rings. The van der Waals surface area contributed by atoms with Gasteiger partial charge >= 0.3 is 12.0 Å². The van der Waals surface area contributed by atoms with Crippen LogP contribution in [0.1, 0.15) is 36.7 Å². The van der Waals surface area contributed by atoms with Crippen molar-refractivity contribution < 1.29 is 19.1 Å². The Morgan fingerprint density at radius 3 is 2.26 bits per heavy atom. The van der Waals surface area contributed by atoms with Crippen molar-refractivity contribution in [2.24, 2.45) is 0 Å². The molecule has 198 valence electrons. The smallest absolute Gasteiger partial charge is 0.340 e. The summed E-state index contributed by atoms with van der Waals surface area (Å²) < 4.78 is 5.21. The van der Waals surface area contributed by atoms with Crippen LogP contribution in [0.15, 0.2) is 97.1 Å². The third-order valence-electron chi connectivity index (χ3n) is 6.21. The van der Waals surface area contributed by atoms with Gasteiger partial charge < -0.3 is 15.4 Å². The summed E-state index contributed by atoms with van der Waals surface area (Å²) in [7, 11) is 0. The lowest BCUT2D eigenvalue weighted by molar-refractivity contribution is -0.111. The molecule has 0 aliphatic heterocycles. The first-order chi connectivity index (χ1) is 18.9. The average molecular weight is 522 g/mol. The first-order valence-corrected chi connectivity index (χ1v) is 12.8. The van der Waals surface area contributed by atoms with E-state index in [-0.39, 0.29) is 29.8 Å². The molecule has 0 heterocycles. The molecule has 0 spiro atoms. The summed E-state index contributed by atoms with van der Waals surface area (Å²) in [4.78, 5) is 40.2. The Morgan fingerprint density at radius 1 is 0.821 bits per heavy atom. The van der Waals surface area contributed by atoms with E-state index in [1.807, 2.05) is 86.6 Å². The Kier molecular flexibility index (Phi) is 8.74. The molecule has 2 N–H and O–H groups in total. The van der Waals surface area contributed by atoms with Crippen LogP contribution < -0.4 is 15.5 Å². The molecule has 39 heavy (non-hydrogen) atoms. The molecule has 4 rings (SSSR count). The van der Waals surface area contributed by atoms with E-state index in [0.29, 0.717) is 12.2 Å². The number of allylic oxidation sites excluding steroid dienone is 1. The Morgan fingerprint density at radius 2 is 1.54 bits per heavy atom. The predicted octanol–water partition coefficient (Wildman–Crippen LogP) is 7.12. The first kappa shape index (κ1) is 27.1. The van der Waals surface area contributed by atoms with Crippen LogP contribution >= 0.6 is 0 Å². The van der Waals surface area contributed by atoms with Crippen molar-refractivity contribution >= 4 is 51.3 Å². The standard InChI is InChI=1S/C32H31N3O4/c1-4-35(27-13-7-6-8-14-27)32(38)33-26-17-18-29(28(21-26)31(37)39-5-2)34-30(36)19-22(3)24-16-15-23-11-9-10-12-25(23)20-24/h6-21H,4-5H2,1-3H3,(H,33,38)(H,34,36)/b22-19-. The summed E-state index contributed by atoms with van der Waals surface area (Å²) in [5.74, 6) is -0.987. The van der Waals surface area contributed by atoms with Gasteiger partial charge in [0.25, 0.3) is 0 Å². The quantitative estimate of drug-likeness (QED) is 0.191.